The van der Waals surface area contributed by atoms with Crippen LogP contribution in [-0.2, 0) is 4.79 Å². The van der Waals surface area contributed by atoms with E-state index in [1.807, 2.05) is 6.08 Å². The fourth-order valence-corrected chi connectivity index (χ4v) is 7.72. The van der Waals surface area contributed by atoms with E-state index in [2.05, 4.69) is 43.5 Å². The summed E-state index contributed by atoms with van der Waals surface area (Å²) in [6.45, 7) is 4.29. The predicted molar refractivity (Wildman–Crippen MR) is 248 cm³/mol. The first kappa shape index (κ1) is 54.6. The molecule has 0 saturated carbocycles. The van der Waals surface area contributed by atoms with E-state index in [4.69, 9.17) is 0 Å². The molecule has 0 rings (SSSR count). The zero-order valence-corrected chi connectivity index (χ0v) is 37.9. The molecule has 0 heterocycles. The highest BCUT2D eigenvalue weighted by Gasteiger charge is 2.17. The monoisotopic (exact) mass is 786 g/mol. The van der Waals surface area contributed by atoms with E-state index >= 15 is 0 Å². The third-order valence-corrected chi connectivity index (χ3v) is 11.6. The molecule has 0 aliphatic rings. The standard InChI is InChI=1S/C52H99NO3/c1-3-5-7-9-11-13-15-17-18-19-20-21-22-23-24-25-26-27-28-29-30-31-32-33-34-36-37-39-41-43-45-47-51(55)50(49-54)53-52(56)48-46-44-42-40-38-35-16-14-12-10-8-6-4-2/h14,16,37,39,45,47,50-51,54-55H,3-13,15,17-36,38,40-44,46,48-49H2,1-2H3,(H,53,56)/b16-14-,39-37+,47-45+. The van der Waals surface area contributed by atoms with Gasteiger partial charge in [0.25, 0.3) is 0 Å². The molecule has 0 aliphatic heterocycles. The minimum Gasteiger partial charge on any atom is -0.394 e. The molecule has 330 valence electrons. The van der Waals surface area contributed by atoms with Crippen molar-refractivity contribution in [3.05, 3.63) is 36.5 Å². The van der Waals surface area contributed by atoms with Crippen molar-refractivity contribution in [2.24, 2.45) is 0 Å². The van der Waals surface area contributed by atoms with Gasteiger partial charge < -0.3 is 15.5 Å². The van der Waals surface area contributed by atoms with Crippen molar-refractivity contribution in [3.8, 4) is 0 Å². The van der Waals surface area contributed by atoms with Gasteiger partial charge in [-0.05, 0) is 57.8 Å². The third-order valence-electron chi connectivity index (χ3n) is 11.6. The van der Waals surface area contributed by atoms with Crippen LogP contribution in [0, 0.1) is 0 Å². The summed E-state index contributed by atoms with van der Waals surface area (Å²) in [5.74, 6) is -0.0821. The highest BCUT2D eigenvalue weighted by molar-refractivity contribution is 5.76. The number of amides is 1. The normalized spacial score (nSPS) is 13.1. The van der Waals surface area contributed by atoms with Gasteiger partial charge in [-0.2, -0.15) is 0 Å². The zero-order valence-electron chi connectivity index (χ0n) is 37.9. The van der Waals surface area contributed by atoms with Gasteiger partial charge in [0.2, 0.25) is 5.91 Å². The van der Waals surface area contributed by atoms with Gasteiger partial charge in [-0.25, -0.2) is 0 Å². The summed E-state index contributed by atoms with van der Waals surface area (Å²) in [6.07, 6.45) is 64.4. The Morgan fingerprint density at radius 3 is 1.05 bits per heavy atom. The van der Waals surface area contributed by atoms with Crippen LogP contribution in [0.25, 0.3) is 0 Å². The Balaban J connectivity index is 3.49. The largest absolute Gasteiger partial charge is 0.394 e. The molecule has 0 aromatic carbocycles. The second-order valence-electron chi connectivity index (χ2n) is 17.2. The maximum atomic E-state index is 12.4. The SMILES string of the molecule is CCCCCC/C=C\CCCCCCCC(=O)NC(CO)C(O)/C=C/CC/C=C/CCCCCCCCCCCCCCCCCCCCCCCCCCC. The number of nitrogens with one attached hydrogen (secondary N) is 1. The van der Waals surface area contributed by atoms with E-state index in [1.54, 1.807) is 6.08 Å². The maximum absolute atomic E-state index is 12.4. The molecule has 0 aromatic heterocycles. The van der Waals surface area contributed by atoms with E-state index in [0.29, 0.717) is 6.42 Å². The van der Waals surface area contributed by atoms with Gasteiger partial charge in [0.15, 0.2) is 0 Å². The quantitative estimate of drug-likeness (QED) is 0.0425. The Morgan fingerprint density at radius 1 is 0.411 bits per heavy atom. The van der Waals surface area contributed by atoms with Crippen LogP contribution in [0.4, 0.5) is 0 Å². The van der Waals surface area contributed by atoms with Crippen LogP contribution < -0.4 is 5.32 Å². The van der Waals surface area contributed by atoms with Crippen LogP contribution in [0.1, 0.15) is 271 Å². The van der Waals surface area contributed by atoms with Crippen molar-refractivity contribution in [2.45, 2.75) is 283 Å². The van der Waals surface area contributed by atoms with Gasteiger partial charge in [0, 0.05) is 6.42 Å². The molecule has 0 aromatic rings. The van der Waals surface area contributed by atoms with E-state index in [-0.39, 0.29) is 12.5 Å². The third kappa shape index (κ3) is 43.7. The number of hydrogen-bond donors (Lipinski definition) is 3. The molecule has 3 N–H and O–H groups in total. The molecule has 1 amide bonds. The van der Waals surface area contributed by atoms with Crippen LogP contribution in [0.2, 0.25) is 0 Å². The molecular formula is C52H99NO3. The number of rotatable bonds is 46. The molecule has 0 fully saturated rings. The van der Waals surface area contributed by atoms with Crippen LogP contribution >= 0.6 is 0 Å². The summed E-state index contributed by atoms with van der Waals surface area (Å²) < 4.78 is 0. The van der Waals surface area contributed by atoms with Crippen molar-refractivity contribution in [1.29, 1.82) is 0 Å². The van der Waals surface area contributed by atoms with Gasteiger partial charge in [-0.1, -0.05) is 243 Å². The van der Waals surface area contributed by atoms with Gasteiger partial charge in [-0.3, -0.25) is 4.79 Å². The first-order valence-electron chi connectivity index (χ1n) is 25.2. The highest BCUT2D eigenvalue weighted by Crippen LogP contribution is 2.16. The Labute approximate surface area is 351 Å². The van der Waals surface area contributed by atoms with Gasteiger partial charge in [-0.15, -0.1) is 0 Å². The van der Waals surface area contributed by atoms with Gasteiger partial charge in [0.1, 0.15) is 0 Å². The minimum absolute atomic E-state index is 0.0821. The van der Waals surface area contributed by atoms with Crippen LogP contribution in [-0.4, -0.2) is 34.9 Å². The predicted octanol–water partition coefficient (Wildman–Crippen LogP) is 16.1. The first-order valence-corrected chi connectivity index (χ1v) is 25.2. The molecule has 2 atom stereocenters. The maximum Gasteiger partial charge on any atom is 0.220 e. The molecule has 0 aliphatic carbocycles. The number of carbonyl (C=O) groups is 1. The molecular weight excluding hydrogens is 687 g/mol. The Bertz CT molecular complexity index is 851. The second kappa shape index (κ2) is 48.0. The van der Waals surface area contributed by atoms with Gasteiger partial charge >= 0.3 is 0 Å². The van der Waals surface area contributed by atoms with Crippen molar-refractivity contribution < 1.29 is 15.0 Å². The Kier molecular flexibility index (Phi) is 46.8. The first-order chi connectivity index (χ1) is 27.7. The lowest BCUT2D eigenvalue weighted by Gasteiger charge is -2.19. The molecule has 0 radical (unpaired) electrons. The van der Waals surface area contributed by atoms with Crippen LogP contribution in [0.3, 0.4) is 0 Å². The summed E-state index contributed by atoms with van der Waals surface area (Å²) in [6, 6.07) is -0.642. The topological polar surface area (TPSA) is 69.6 Å². The average molecular weight is 786 g/mol. The molecule has 4 heteroatoms. The van der Waals surface area contributed by atoms with E-state index in [9.17, 15) is 15.0 Å². The van der Waals surface area contributed by atoms with E-state index in [1.165, 1.54) is 205 Å². The summed E-state index contributed by atoms with van der Waals surface area (Å²) in [4.78, 5) is 12.4. The second-order valence-corrected chi connectivity index (χ2v) is 17.2. The summed E-state index contributed by atoms with van der Waals surface area (Å²) in [5, 5.41) is 23.0. The van der Waals surface area contributed by atoms with Crippen molar-refractivity contribution in [1.82, 2.24) is 5.32 Å². The van der Waals surface area contributed by atoms with Gasteiger partial charge in [0.05, 0.1) is 18.8 Å². The molecule has 56 heavy (non-hydrogen) atoms. The number of carbonyl (C=O) groups excluding carboxylic acids is 1. The number of unbranched alkanes of at least 4 members (excludes halogenated alkanes) is 35. The number of hydrogen-bond acceptors (Lipinski definition) is 3. The fourth-order valence-electron chi connectivity index (χ4n) is 7.72. The Morgan fingerprint density at radius 2 is 0.696 bits per heavy atom. The number of allylic oxidation sites excluding steroid dienone is 5. The van der Waals surface area contributed by atoms with Crippen molar-refractivity contribution in [2.75, 3.05) is 6.61 Å². The number of aliphatic hydroxyl groups excluding tert-OH is 2. The van der Waals surface area contributed by atoms with E-state index < -0.39 is 12.1 Å². The lowest BCUT2D eigenvalue weighted by atomic mass is 10.0. The molecule has 4 nitrogen and oxygen atoms in total. The molecule has 0 saturated heterocycles. The minimum atomic E-state index is -0.865. The summed E-state index contributed by atoms with van der Waals surface area (Å²) in [7, 11) is 0. The molecule has 0 spiro atoms. The smallest absolute Gasteiger partial charge is 0.220 e. The van der Waals surface area contributed by atoms with Crippen LogP contribution in [0.5, 0.6) is 0 Å². The van der Waals surface area contributed by atoms with Crippen LogP contribution in [0.15, 0.2) is 36.5 Å². The lowest BCUT2D eigenvalue weighted by Crippen LogP contribution is -2.45. The summed E-state index contributed by atoms with van der Waals surface area (Å²) >= 11 is 0. The summed E-state index contributed by atoms with van der Waals surface area (Å²) in [5.41, 5.74) is 0. The fraction of sp³-hybridized carbons (Fsp3) is 0.865. The zero-order chi connectivity index (χ0) is 40.7. The van der Waals surface area contributed by atoms with Crippen molar-refractivity contribution >= 4 is 5.91 Å². The lowest BCUT2D eigenvalue weighted by molar-refractivity contribution is -0.123. The molecule has 2 unspecified atom stereocenters. The number of aliphatic hydroxyl groups is 2. The van der Waals surface area contributed by atoms with Crippen molar-refractivity contribution in [3.63, 3.8) is 0 Å². The van der Waals surface area contributed by atoms with E-state index in [0.717, 1.165) is 44.9 Å². The molecule has 0 bridgehead atoms. The highest BCUT2D eigenvalue weighted by atomic mass is 16.3. The average Bonchev–Trinajstić information content (AvgIpc) is 3.20. The Hall–Kier alpha value is -1.39.